The maximum Gasteiger partial charge on any atom is 0.127 e. The number of hydrogen-bond donors (Lipinski definition) is 0. The summed E-state index contributed by atoms with van der Waals surface area (Å²) < 4.78 is 0. The summed E-state index contributed by atoms with van der Waals surface area (Å²) in [4.78, 5) is 14.3. The lowest BCUT2D eigenvalue weighted by Crippen LogP contribution is -2.38. The Bertz CT molecular complexity index is 281. The molecule has 0 bridgehead atoms. The average molecular weight is 249 g/mol. The van der Waals surface area contributed by atoms with Crippen molar-refractivity contribution in [3.63, 3.8) is 0 Å². The van der Waals surface area contributed by atoms with Crippen molar-refractivity contribution in [1.29, 1.82) is 0 Å². The van der Waals surface area contributed by atoms with Crippen molar-refractivity contribution < 1.29 is 4.79 Å². The van der Waals surface area contributed by atoms with Gasteiger partial charge in [-0.05, 0) is 37.5 Å². The Labute approximate surface area is 111 Å². The standard InChI is InChI=1S/C16H27NO/c18-13-16(8-3-1-2-4-9-16)12-17-10-14-6-5-7-15(14)11-17/h13-15H,1-12H2. The summed E-state index contributed by atoms with van der Waals surface area (Å²) in [5, 5.41) is 0. The normalized spacial score (nSPS) is 36.2. The quantitative estimate of drug-likeness (QED) is 0.565. The average Bonchev–Trinajstić information content (AvgIpc) is 2.85. The Morgan fingerprint density at radius 2 is 1.56 bits per heavy atom. The van der Waals surface area contributed by atoms with Crippen LogP contribution in [0.4, 0.5) is 0 Å². The number of carbonyl (C=O) groups is 1. The topological polar surface area (TPSA) is 20.3 Å². The van der Waals surface area contributed by atoms with Crippen LogP contribution in [-0.4, -0.2) is 30.8 Å². The van der Waals surface area contributed by atoms with Crippen LogP contribution in [0.25, 0.3) is 0 Å². The molecule has 3 aliphatic rings. The Hall–Kier alpha value is -0.370. The molecule has 2 saturated carbocycles. The number of aldehydes is 1. The molecule has 0 radical (unpaired) electrons. The number of fused-ring (bicyclic) bond motifs is 1. The van der Waals surface area contributed by atoms with E-state index in [0.29, 0.717) is 0 Å². The van der Waals surface area contributed by atoms with Gasteiger partial charge in [-0.2, -0.15) is 0 Å². The molecule has 2 heteroatoms. The number of likely N-dealkylation sites (tertiary alicyclic amines) is 1. The molecule has 2 nitrogen and oxygen atoms in total. The molecule has 18 heavy (non-hydrogen) atoms. The summed E-state index contributed by atoms with van der Waals surface area (Å²) in [7, 11) is 0. The predicted octanol–water partition coefficient (Wildman–Crippen LogP) is 3.26. The van der Waals surface area contributed by atoms with Crippen molar-refractivity contribution in [2.75, 3.05) is 19.6 Å². The minimum atomic E-state index is 0.00906. The van der Waals surface area contributed by atoms with Crippen molar-refractivity contribution in [1.82, 2.24) is 4.90 Å². The maximum absolute atomic E-state index is 11.6. The SMILES string of the molecule is O=CC1(CN2CC3CCCC3C2)CCCCCC1. The lowest BCUT2D eigenvalue weighted by molar-refractivity contribution is -0.118. The van der Waals surface area contributed by atoms with E-state index in [-0.39, 0.29) is 5.41 Å². The van der Waals surface area contributed by atoms with E-state index in [9.17, 15) is 4.79 Å². The van der Waals surface area contributed by atoms with Gasteiger partial charge in [0.15, 0.2) is 0 Å². The number of nitrogens with zero attached hydrogens (tertiary/aromatic N) is 1. The molecule has 0 aromatic heterocycles. The smallest absolute Gasteiger partial charge is 0.127 e. The predicted molar refractivity (Wildman–Crippen MR) is 73.5 cm³/mol. The van der Waals surface area contributed by atoms with E-state index in [4.69, 9.17) is 0 Å². The molecular formula is C16H27NO. The zero-order valence-electron chi connectivity index (χ0n) is 11.6. The number of hydrogen-bond acceptors (Lipinski definition) is 2. The van der Waals surface area contributed by atoms with Crippen LogP contribution in [0.5, 0.6) is 0 Å². The van der Waals surface area contributed by atoms with E-state index < -0.39 is 0 Å². The van der Waals surface area contributed by atoms with E-state index in [1.807, 2.05) is 0 Å². The highest BCUT2D eigenvalue weighted by Gasteiger charge is 2.40. The van der Waals surface area contributed by atoms with Gasteiger partial charge >= 0.3 is 0 Å². The van der Waals surface area contributed by atoms with Crippen molar-refractivity contribution >= 4 is 6.29 Å². The molecule has 0 aromatic carbocycles. The second-order valence-corrected chi connectivity index (χ2v) is 7.04. The highest BCUT2D eigenvalue weighted by molar-refractivity contribution is 5.59. The third-order valence-electron chi connectivity index (χ3n) is 5.69. The molecule has 0 amide bonds. The van der Waals surface area contributed by atoms with Crippen LogP contribution < -0.4 is 0 Å². The van der Waals surface area contributed by atoms with E-state index in [2.05, 4.69) is 4.90 Å². The van der Waals surface area contributed by atoms with Crippen LogP contribution in [0, 0.1) is 17.3 Å². The third-order valence-corrected chi connectivity index (χ3v) is 5.69. The zero-order valence-corrected chi connectivity index (χ0v) is 11.6. The van der Waals surface area contributed by atoms with E-state index >= 15 is 0 Å². The van der Waals surface area contributed by atoms with Crippen LogP contribution >= 0.6 is 0 Å². The van der Waals surface area contributed by atoms with Gasteiger partial charge in [-0.1, -0.05) is 32.1 Å². The van der Waals surface area contributed by atoms with Gasteiger partial charge in [0.25, 0.3) is 0 Å². The molecule has 3 rings (SSSR count). The molecule has 1 heterocycles. The van der Waals surface area contributed by atoms with Gasteiger partial charge in [0.1, 0.15) is 6.29 Å². The van der Waals surface area contributed by atoms with Crippen LogP contribution in [-0.2, 0) is 4.79 Å². The summed E-state index contributed by atoms with van der Waals surface area (Å²) in [6, 6.07) is 0. The summed E-state index contributed by atoms with van der Waals surface area (Å²) >= 11 is 0. The minimum absolute atomic E-state index is 0.00906. The molecule has 1 saturated heterocycles. The number of rotatable bonds is 3. The van der Waals surface area contributed by atoms with Gasteiger partial charge in [-0.3, -0.25) is 0 Å². The van der Waals surface area contributed by atoms with E-state index in [1.165, 1.54) is 64.3 Å². The highest BCUT2D eigenvalue weighted by Crippen LogP contribution is 2.40. The van der Waals surface area contributed by atoms with Crippen molar-refractivity contribution in [3.05, 3.63) is 0 Å². The zero-order chi connectivity index (χ0) is 12.4. The first-order valence-electron chi connectivity index (χ1n) is 8.00. The van der Waals surface area contributed by atoms with Gasteiger partial charge in [-0.15, -0.1) is 0 Å². The second-order valence-electron chi connectivity index (χ2n) is 7.04. The molecular weight excluding hydrogens is 222 g/mol. The van der Waals surface area contributed by atoms with Crippen LogP contribution in [0.2, 0.25) is 0 Å². The van der Waals surface area contributed by atoms with Gasteiger partial charge in [0, 0.05) is 25.0 Å². The lowest BCUT2D eigenvalue weighted by atomic mass is 9.81. The van der Waals surface area contributed by atoms with Crippen molar-refractivity contribution in [2.45, 2.75) is 57.8 Å². The fraction of sp³-hybridized carbons (Fsp3) is 0.938. The summed E-state index contributed by atoms with van der Waals surface area (Å²) in [6.45, 7) is 3.62. The highest BCUT2D eigenvalue weighted by atomic mass is 16.1. The third kappa shape index (κ3) is 2.49. The first-order chi connectivity index (χ1) is 8.81. The summed E-state index contributed by atoms with van der Waals surface area (Å²) in [5.41, 5.74) is 0.00906. The Balaban J connectivity index is 1.61. The second kappa shape index (κ2) is 5.32. The molecule has 102 valence electrons. The Morgan fingerprint density at radius 3 is 2.11 bits per heavy atom. The molecule has 3 fully saturated rings. The first-order valence-corrected chi connectivity index (χ1v) is 8.00. The van der Waals surface area contributed by atoms with E-state index in [0.717, 1.165) is 31.2 Å². The molecule has 2 atom stereocenters. The minimum Gasteiger partial charge on any atom is -0.303 e. The van der Waals surface area contributed by atoms with Gasteiger partial charge < -0.3 is 9.69 Å². The van der Waals surface area contributed by atoms with Gasteiger partial charge in [0.05, 0.1) is 0 Å². The molecule has 0 spiro atoms. The van der Waals surface area contributed by atoms with Crippen LogP contribution in [0.3, 0.4) is 0 Å². The molecule has 2 aliphatic carbocycles. The first kappa shape index (κ1) is 12.7. The number of carbonyl (C=O) groups excluding carboxylic acids is 1. The largest absolute Gasteiger partial charge is 0.303 e. The fourth-order valence-electron chi connectivity index (χ4n) is 4.65. The van der Waals surface area contributed by atoms with Crippen LogP contribution in [0.15, 0.2) is 0 Å². The summed E-state index contributed by atoms with van der Waals surface area (Å²) in [5.74, 6) is 1.92. The Kier molecular flexibility index (Phi) is 3.74. The van der Waals surface area contributed by atoms with E-state index in [1.54, 1.807) is 0 Å². The summed E-state index contributed by atoms with van der Waals surface area (Å²) in [6.07, 6.45) is 13.1. The molecule has 0 N–H and O–H groups in total. The molecule has 2 unspecified atom stereocenters. The van der Waals surface area contributed by atoms with Gasteiger partial charge in [-0.25, -0.2) is 0 Å². The Morgan fingerprint density at radius 1 is 0.944 bits per heavy atom. The monoisotopic (exact) mass is 249 g/mol. The molecule has 0 aromatic rings. The van der Waals surface area contributed by atoms with Crippen LogP contribution in [0.1, 0.15) is 57.8 Å². The van der Waals surface area contributed by atoms with Crippen molar-refractivity contribution in [3.8, 4) is 0 Å². The lowest BCUT2D eigenvalue weighted by Gasteiger charge is -2.32. The van der Waals surface area contributed by atoms with Gasteiger partial charge in [0.2, 0.25) is 0 Å². The van der Waals surface area contributed by atoms with Crippen molar-refractivity contribution in [2.24, 2.45) is 17.3 Å². The molecule has 1 aliphatic heterocycles. The fourth-order valence-corrected chi connectivity index (χ4v) is 4.65. The maximum atomic E-state index is 11.6.